The van der Waals surface area contributed by atoms with Crippen LogP contribution in [0.3, 0.4) is 0 Å². The largest absolute Gasteiger partial charge is 0.460 e. The van der Waals surface area contributed by atoms with Crippen LogP contribution in [0.5, 0.6) is 0 Å². The van der Waals surface area contributed by atoms with Crippen LogP contribution < -0.4 is 5.73 Å². The van der Waals surface area contributed by atoms with Gasteiger partial charge in [-0.25, -0.2) is 4.79 Å². The van der Waals surface area contributed by atoms with Crippen LogP contribution >= 0.6 is 15.9 Å². The number of ether oxygens (including phenoxy) is 1. The molecule has 2 N–H and O–H groups in total. The Hall–Kier alpha value is -0.840. The maximum atomic E-state index is 10.8. The van der Waals surface area contributed by atoms with Crippen LogP contribution in [0.15, 0.2) is 10.7 Å². The van der Waals surface area contributed by atoms with Crippen molar-refractivity contribution in [3.63, 3.8) is 0 Å². The third-order valence-electron chi connectivity index (χ3n) is 0.824. The molecule has 0 saturated carbocycles. The summed E-state index contributed by atoms with van der Waals surface area (Å²) < 4.78 is 4.42. The molecule has 11 heavy (non-hydrogen) atoms. The van der Waals surface area contributed by atoms with Crippen molar-refractivity contribution in [1.82, 2.24) is 0 Å². The molecule has 0 unspecified atom stereocenters. The lowest BCUT2D eigenvalue weighted by Crippen LogP contribution is -2.17. The van der Waals surface area contributed by atoms with Gasteiger partial charge in [-0.05, 0) is 22.9 Å². The molecule has 4 nitrogen and oxygen atoms in total. The van der Waals surface area contributed by atoms with Gasteiger partial charge in [-0.3, -0.25) is 4.79 Å². The first-order chi connectivity index (χ1) is 5.13. The summed E-state index contributed by atoms with van der Waals surface area (Å²) in [6, 6.07) is 0. The quantitative estimate of drug-likeness (QED) is 0.424. The number of esters is 1. The van der Waals surface area contributed by atoms with Crippen LogP contribution in [0.2, 0.25) is 0 Å². The van der Waals surface area contributed by atoms with E-state index in [-0.39, 0.29) is 11.1 Å². The van der Waals surface area contributed by atoms with Gasteiger partial charge in [0.25, 0.3) is 5.78 Å². The molecule has 0 spiro atoms. The summed E-state index contributed by atoms with van der Waals surface area (Å²) in [5.41, 5.74) is 4.97. The maximum Gasteiger partial charge on any atom is 0.380 e. The first kappa shape index (κ1) is 10.2. The minimum atomic E-state index is -0.902. The number of halogens is 1. The molecule has 0 amide bonds. The molecule has 0 aromatic carbocycles. The standard InChI is InChI=1S/C6H8BrNO3/c1-2-11-6(10)5(9)4(7)3-8/h3H,2,8H2,1H3/b4-3-. The first-order valence-corrected chi connectivity index (χ1v) is 3.71. The van der Waals surface area contributed by atoms with Crippen molar-refractivity contribution in [2.24, 2.45) is 5.73 Å². The molecule has 0 aromatic rings. The highest BCUT2D eigenvalue weighted by Crippen LogP contribution is 2.04. The smallest absolute Gasteiger partial charge is 0.380 e. The lowest BCUT2D eigenvalue weighted by molar-refractivity contribution is -0.151. The van der Waals surface area contributed by atoms with E-state index in [2.05, 4.69) is 20.7 Å². The zero-order valence-corrected chi connectivity index (χ0v) is 7.55. The number of nitrogens with two attached hydrogens (primary N) is 1. The van der Waals surface area contributed by atoms with Gasteiger partial charge >= 0.3 is 5.97 Å². The monoisotopic (exact) mass is 221 g/mol. The van der Waals surface area contributed by atoms with E-state index in [9.17, 15) is 9.59 Å². The Morgan fingerprint density at radius 2 is 2.18 bits per heavy atom. The van der Waals surface area contributed by atoms with Crippen LogP contribution in [-0.2, 0) is 14.3 Å². The van der Waals surface area contributed by atoms with Crippen LogP contribution in [0.25, 0.3) is 0 Å². The number of hydrogen-bond donors (Lipinski definition) is 1. The van der Waals surface area contributed by atoms with Gasteiger partial charge in [-0.1, -0.05) is 0 Å². The summed E-state index contributed by atoms with van der Waals surface area (Å²) in [4.78, 5) is 21.4. The molecule has 0 heterocycles. The molecule has 0 aliphatic heterocycles. The highest BCUT2D eigenvalue weighted by molar-refractivity contribution is 9.12. The molecular formula is C6H8BrNO3. The van der Waals surface area contributed by atoms with E-state index in [1.807, 2.05) is 0 Å². The average molecular weight is 222 g/mol. The second-order valence-corrected chi connectivity index (χ2v) is 2.42. The van der Waals surface area contributed by atoms with Crippen molar-refractivity contribution in [2.45, 2.75) is 6.92 Å². The van der Waals surface area contributed by atoms with E-state index in [1.165, 1.54) is 0 Å². The van der Waals surface area contributed by atoms with E-state index in [1.54, 1.807) is 6.92 Å². The normalized spacial score (nSPS) is 10.9. The van der Waals surface area contributed by atoms with Crippen molar-refractivity contribution in [3.05, 3.63) is 10.7 Å². The predicted molar refractivity (Wildman–Crippen MR) is 42.8 cm³/mol. The molecule has 0 aromatic heterocycles. The fourth-order valence-electron chi connectivity index (χ4n) is 0.370. The molecule has 5 heteroatoms. The van der Waals surface area contributed by atoms with Gasteiger partial charge in [0.2, 0.25) is 0 Å². The Morgan fingerprint density at radius 1 is 1.64 bits per heavy atom. The van der Waals surface area contributed by atoms with E-state index < -0.39 is 11.8 Å². The van der Waals surface area contributed by atoms with Crippen LogP contribution in [-0.4, -0.2) is 18.4 Å². The Kier molecular flexibility index (Phi) is 4.52. The minimum Gasteiger partial charge on any atom is -0.460 e. The highest BCUT2D eigenvalue weighted by atomic mass is 79.9. The zero-order chi connectivity index (χ0) is 8.85. The predicted octanol–water partition coefficient (Wildman–Crippen LogP) is 0.314. The maximum absolute atomic E-state index is 10.8. The van der Waals surface area contributed by atoms with Crippen LogP contribution in [0.4, 0.5) is 0 Å². The second kappa shape index (κ2) is 4.90. The topological polar surface area (TPSA) is 69.4 Å². The molecule has 0 aliphatic carbocycles. The third-order valence-corrected chi connectivity index (χ3v) is 1.45. The average Bonchev–Trinajstić information content (AvgIpc) is 2.02. The molecule has 0 bridgehead atoms. The molecular weight excluding hydrogens is 214 g/mol. The number of carbonyl (C=O) groups is 2. The molecule has 62 valence electrons. The fourth-order valence-corrected chi connectivity index (χ4v) is 0.532. The van der Waals surface area contributed by atoms with Gasteiger partial charge in [0.05, 0.1) is 11.1 Å². The Balaban J connectivity index is 4.15. The minimum absolute atomic E-state index is 0.0101. The van der Waals surface area contributed by atoms with E-state index in [0.717, 1.165) is 6.20 Å². The summed E-state index contributed by atoms with van der Waals surface area (Å²) in [7, 11) is 0. The summed E-state index contributed by atoms with van der Waals surface area (Å²) in [6.45, 7) is 1.79. The van der Waals surface area contributed by atoms with Gasteiger partial charge in [0.15, 0.2) is 0 Å². The van der Waals surface area contributed by atoms with Crippen molar-refractivity contribution in [3.8, 4) is 0 Å². The SMILES string of the molecule is CCOC(=O)C(=O)/C(Br)=C/N. The number of rotatable bonds is 3. The van der Waals surface area contributed by atoms with E-state index in [4.69, 9.17) is 5.73 Å². The first-order valence-electron chi connectivity index (χ1n) is 2.92. The molecule has 0 radical (unpaired) electrons. The van der Waals surface area contributed by atoms with Crippen molar-refractivity contribution in [2.75, 3.05) is 6.61 Å². The summed E-state index contributed by atoms with van der Waals surface area (Å²) in [5, 5.41) is 0. The molecule has 0 fully saturated rings. The van der Waals surface area contributed by atoms with E-state index >= 15 is 0 Å². The van der Waals surface area contributed by atoms with Gasteiger partial charge in [-0.15, -0.1) is 0 Å². The van der Waals surface area contributed by atoms with Crippen LogP contribution in [0.1, 0.15) is 6.92 Å². The highest BCUT2D eigenvalue weighted by Gasteiger charge is 2.17. The summed E-state index contributed by atoms with van der Waals surface area (Å²) in [5.74, 6) is -1.67. The van der Waals surface area contributed by atoms with Gasteiger partial charge < -0.3 is 10.5 Å². The number of Topliss-reactive ketones (excluding diaryl/α,β-unsaturated/α-hetero) is 1. The third kappa shape index (κ3) is 3.18. The van der Waals surface area contributed by atoms with Crippen molar-refractivity contribution < 1.29 is 14.3 Å². The van der Waals surface area contributed by atoms with Crippen molar-refractivity contribution >= 4 is 27.7 Å². The van der Waals surface area contributed by atoms with E-state index in [0.29, 0.717) is 0 Å². The number of carbonyl (C=O) groups excluding carboxylic acids is 2. The summed E-state index contributed by atoms with van der Waals surface area (Å²) in [6.07, 6.45) is 0.999. The molecule has 0 atom stereocenters. The zero-order valence-electron chi connectivity index (χ0n) is 5.96. The molecule has 0 saturated heterocycles. The number of ketones is 1. The Labute approximate surface area is 72.5 Å². The lowest BCUT2D eigenvalue weighted by atomic mass is 10.4. The lowest BCUT2D eigenvalue weighted by Gasteiger charge is -1.97. The van der Waals surface area contributed by atoms with Crippen molar-refractivity contribution in [1.29, 1.82) is 0 Å². The number of hydrogen-bond acceptors (Lipinski definition) is 4. The van der Waals surface area contributed by atoms with Gasteiger partial charge in [0.1, 0.15) is 0 Å². The van der Waals surface area contributed by atoms with Gasteiger partial charge in [-0.2, -0.15) is 0 Å². The summed E-state index contributed by atoms with van der Waals surface area (Å²) >= 11 is 2.80. The van der Waals surface area contributed by atoms with Crippen LogP contribution in [0, 0.1) is 0 Å². The Bertz CT molecular complexity index is 200. The Morgan fingerprint density at radius 3 is 2.55 bits per heavy atom. The van der Waals surface area contributed by atoms with Gasteiger partial charge in [0, 0.05) is 6.20 Å². The molecule has 0 aliphatic rings. The fraction of sp³-hybridized carbons (Fsp3) is 0.333. The molecule has 0 rings (SSSR count). The second-order valence-electron chi connectivity index (χ2n) is 1.56.